The van der Waals surface area contributed by atoms with E-state index in [9.17, 15) is 4.79 Å². The van der Waals surface area contributed by atoms with Gasteiger partial charge in [0.2, 0.25) is 0 Å². The van der Waals surface area contributed by atoms with Crippen molar-refractivity contribution in [1.29, 1.82) is 0 Å². The summed E-state index contributed by atoms with van der Waals surface area (Å²) in [4.78, 5) is 12.7. The Morgan fingerprint density at radius 1 is 1.10 bits per heavy atom. The highest BCUT2D eigenvalue weighted by Gasteiger charge is 2.29. The Bertz CT molecular complexity index is 1120. The maximum absolute atomic E-state index is 12.7. The van der Waals surface area contributed by atoms with Gasteiger partial charge in [-0.25, -0.2) is 0 Å². The van der Waals surface area contributed by atoms with Gasteiger partial charge in [-0.3, -0.25) is 9.36 Å². The maximum Gasteiger partial charge on any atom is 0.307 e. The number of halogens is 1. The third kappa shape index (κ3) is 4.03. The molecule has 2 aromatic carbocycles. The predicted molar refractivity (Wildman–Crippen MR) is 118 cm³/mol. The number of fused-ring (bicyclic) bond motifs is 3. The fraction of sp³-hybridized carbons (Fsp3) is 0.292. The van der Waals surface area contributed by atoms with E-state index in [2.05, 4.69) is 28.4 Å². The monoisotopic (exact) mass is 421 g/mol. The van der Waals surface area contributed by atoms with Crippen molar-refractivity contribution in [2.24, 2.45) is 0 Å². The molecule has 0 fully saturated rings. The Balaban J connectivity index is 1.87. The largest absolute Gasteiger partial charge is 0.460 e. The minimum atomic E-state index is -0.545. The molecule has 4 rings (SSSR count). The molecular weight excluding hydrogens is 398 g/mol. The molecule has 5 nitrogen and oxygen atoms in total. The van der Waals surface area contributed by atoms with Crippen LogP contribution in [0.5, 0.6) is 0 Å². The van der Waals surface area contributed by atoms with E-state index in [0.717, 1.165) is 34.0 Å². The number of carbonyl (C=O) groups excluding carboxylic acids is 1. The molecule has 0 unspecified atom stereocenters. The molecule has 30 heavy (non-hydrogen) atoms. The summed E-state index contributed by atoms with van der Waals surface area (Å²) < 4.78 is 7.63. The highest BCUT2D eigenvalue weighted by molar-refractivity contribution is 6.30. The summed E-state index contributed by atoms with van der Waals surface area (Å²) in [5, 5.41) is 9.40. The molecule has 2 heterocycles. The number of hydrogen-bond acceptors (Lipinski definition) is 4. The van der Waals surface area contributed by atoms with E-state index in [1.165, 1.54) is 0 Å². The fourth-order valence-electron chi connectivity index (χ4n) is 3.77. The molecule has 0 saturated heterocycles. The summed E-state index contributed by atoms with van der Waals surface area (Å²) in [7, 11) is 0. The third-order valence-corrected chi connectivity index (χ3v) is 5.20. The van der Waals surface area contributed by atoms with Crippen molar-refractivity contribution in [3.05, 3.63) is 82.4 Å². The second-order valence-electron chi connectivity index (χ2n) is 8.44. The number of rotatable bonds is 3. The van der Waals surface area contributed by atoms with Gasteiger partial charge in [-0.1, -0.05) is 48.0 Å². The molecule has 154 valence electrons. The van der Waals surface area contributed by atoms with Gasteiger partial charge in [0.25, 0.3) is 0 Å². The lowest BCUT2D eigenvalue weighted by Crippen LogP contribution is -2.25. The molecular formula is C24H24ClN3O2. The topological polar surface area (TPSA) is 57.0 Å². The SMILES string of the molecule is Cc1nnc2n1-c1ccccc1C(c1ccc(Cl)cc1)=C[C@@H]2CC(=O)OC(C)(C)C. The number of aryl methyl sites for hydroxylation is 1. The first-order valence-corrected chi connectivity index (χ1v) is 10.3. The summed E-state index contributed by atoms with van der Waals surface area (Å²) in [6.07, 6.45) is 2.28. The molecule has 0 saturated carbocycles. The molecule has 0 aliphatic carbocycles. The first-order valence-electron chi connectivity index (χ1n) is 9.94. The van der Waals surface area contributed by atoms with Crippen molar-refractivity contribution in [2.75, 3.05) is 0 Å². The van der Waals surface area contributed by atoms with Gasteiger partial charge in [0.15, 0.2) is 0 Å². The number of allylic oxidation sites excluding steroid dienone is 1. The quantitative estimate of drug-likeness (QED) is 0.524. The lowest BCUT2D eigenvalue weighted by molar-refractivity contribution is -0.155. The van der Waals surface area contributed by atoms with Crippen LogP contribution in [0, 0.1) is 6.92 Å². The zero-order valence-electron chi connectivity index (χ0n) is 17.5. The number of nitrogens with zero attached hydrogens (tertiary/aromatic N) is 3. The van der Waals surface area contributed by atoms with E-state index in [0.29, 0.717) is 5.02 Å². The molecule has 0 radical (unpaired) electrons. The molecule has 1 aliphatic heterocycles. The van der Waals surface area contributed by atoms with E-state index >= 15 is 0 Å². The van der Waals surface area contributed by atoms with E-state index in [1.807, 2.05) is 68.7 Å². The smallest absolute Gasteiger partial charge is 0.307 e. The van der Waals surface area contributed by atoms with Crippen LogP contribution in [-0.2, 0) is 9.53 Å². The second-order valence-corrected chi connectivity index (χ2v) is 8.88. The van der Waals surface area contributed by atoms with Crippen LogP contribution >= 0.6 is 11.6 Å². The van der Waals surface area contributed by atoms with Gasteiger partial charge < -0.3 is 4.74 Å². The lowest BCUT2D eigenvalue weighted by Gasteiger charge is -2.21. The normalized spacial score (nSPS) is 15.6. The van der Waals surface area contributed by atoms with Crippen LogP contribution in [0.25, 0.3) is 11.3 Å². The minimum absolute atomic E-state index is 0.181. The average Bonchev–Trinajstić information content (AvgIpc) is 2.99. The van der Waals surface area contributed by atoms with Gasteiger partial charge in [-0.15, -0.1) is 10.2 Å². The molecule has 3 aromatic rings. The Morgan fingerprint density at radius 3 is 2.50 bits per heavy atom. The first kappa shape index (κ1) is 20.4. The molecule has 0 N–H and O–H groups in total. The minimum Gasteiger partial charge on any atom is -0.460 e. The van der Waals surface area contributed by atoms with Crippen LogP contribution in [0.3, 0.4) is 0 Å². The standard InChI is InChI=1S/C24H24ClN3O2/c1-15-26-27-23-17(14-22(29)30-24(2,3)4)13-20(16-9-11-18(25)12-10-16)19-7-5-6-8-21(19)28(15)23/h5-13,17H,14H2,1-4H3/t17-/m1/s1. The summed E-state index contributed by atoms with van der Waals surface area (Å²) in [6, 6.07) is 15.9. The number of hydrogen-bond donors (Lipinski definition) is 0. The number of para-hydroxylation sites is 1. The molecule has 0 bridgehead atoms. The van der Waals surface area contributed by atoms with Gasteiger partial charge in [0, 0.05) is 16.5 Å². The van der Waals surface area contributed by atoms with Crippen LogP contribution in [0.2, 0.25) is 5.02 Å². The van der Waals surface area contributed by atoms with Crippen molar-refractivity contribution >= 4 is 23.1 Å². The summed E-state index contributed by atoms with van der Waals surface area (Å²) in [6.45, 7) is 7.53. The Labute approximate surface area is 181 Å². The van der Waals surface area contributed by atoms with E-state index in [4.69, 9.17) is 16.3 Å². The number of esters is 1. The number of benzene rings is 2. The van der Waals surface area contributed by atoms with E-state index < -0.39 is 5.60 Å². The van der Waals surface area contributed by atoms with Gasteiger partial charge in [0.05, 0.1) is 12.1 Å². The Kier molecular flexibility index (Phi) is 5.24. The number of carbonyl (C=O) groups is 1. The van der Waals surface area contributed by atoms with Crippen molar-refractivity contribution in [1.82, 2.24) is 14.8 Å². The first-order chi connectivity index (χ1) is 14.2. The molecule has 1 aromatic heterocycles. The molecule has 6 heteroatoms. The van der Waals surface area contributed by atoms with Crippen LogP contribution in [0.1, 0.15) is 55.9 Å². The van der Waals surface area contributed by atoms with E-state index in [-0.39, 0.29) is 18.3 Å². The average molecular weight is 422 g/mol. The predicted octanol–water partition coefficient (Wildman–Crippen LogP) is 5.49. The molecule has 0 amide bonds. The summed E-state index contributed by atoms with van der Waals surface area (Å²) in [5.41, 5.74) is 3.55. The maximum atomic E-state index is 12.7. The van der Waals surface area contributed by atoms with Crippen molar-refractivity contribution < 1.29 is 9.53 Å². The fourth-order valence-corrected chi connectivity index (χ4v) is 3.90. The van der Waals surface area contributed by atoms with E-state index in [1.54, 1.807) is 0 Å². The Morgan fingerprint density at radius 2 is 1.80 bits per heavy atom. The van der Waals surface area contributed by atoms with Crippen molar-refractivity contribution in [3.8, 4) is 5.69 Å². The third-order valence-electron chi connectivity index (χ3n) is 4.95. The molecule has 0 spiro atoms. The number of aromatic nitrogens is 3. The highest BCUT2D eigenvalue weighted by Crippen LogP contribution is 2.38. The molecule has 1 aliphatic rings. The second kappa shape index (κ2) is 7.73. The Hall–Kier alpha value is -2.92. The summed E-state index contributed by atoms with van der Waals surface area (Å²) >= 11 is 6.12. The van der Waals surface area contributed by atoms with Gasteiger partial charge in [0.1, 0.15) is 17.2 Å². The van der Waals surface area contributed by atoms with Gasteiger partial charge in [-0.2, -0.15) is 0 Å². The number of ether oxygens (including phenoxy) is 1. The zero-order chi connectivity index (χ0) is 21.5. The zero-order valence-corrected chi connectivity index (χ0v) is 18.3. The van der Waals surface area contributed by atoms with Crippen molar-refractivity contribution in [2.45, 2.75) is 45.6 Å². The molecule has 1 atom stereocenters. The van der Waals surface area contributed by atoms with Crippen LogP contribution < -0.4 is 0 Å². The van der Waals surface area contributed by atoms with Crippen LogP contribution in [0.15, 0.2) is 54.6 Å². The van der Waals surface area contributed by atoms with Crippen LogP contribution in [-0.4, -0.2) is 26.3 Å². The van der Waals surface area contributed by atoms with Crippen LogP contribution in [0.4, 0.5) is 0 Å². The van der Waals surface area contributed by atoms with Gasteiger partial charge in [-0.05, 0) is 57.0 Å². The van der Waals surface area contributed by atoms with Gasteiger partial charge >= 0.3 is 5.97 Å². The summed E-state index contributed by atoms with van der Waals surface area (Å²) in [5.74, 6) is 0.962. The lowest BCUT2D eigenvalue weighted by atomic mass is 9.93. The van der Waals surface area contributed by atoms with Crippen molar-refractivity contribution in [3.63, 3.8) is 0 Å². The highest BCUT2D eigenvalue weighted by atomic mass is 35.5.